The van der Waals surface area contributed by atoms with Gasteiger partial charge in [-0.3, -0.25) is 9.69 Å². The molecule has 1 aromatic heterocycles. The van der Waals surface area contributed by atoms with Crippen molar-refractivity contribution in [1.82, 2.24) is 9.88 Å². The van der Waals surface area contributed by atoms with Crippen LogP contribution in [0.1, 0.15) is 43.8 Å². The minimum Gasteiger partial charge on any atom is -0.300 e. The van der Waals surface area contributed by atoms with Crippen LogP contribution in [0.5, 0.6) is 0 Å². The minimum absolute atomic E-state index is 0.202. The molecule has 0 spiro atoms. The van der Waals surface area contributed by atoms with Crippen LogP contribution in [-0.4, -0.2) is 29.3 Å². The van der Waals surface area contributed by atoms with Crippen LogP contribution in [0.15, 0.2) is 5.38 Å². The first-order valence-electron chi connectivity index (χ1n) is 6.98. The SMILES string of the molecule is Cc1nc(CN(C)CC2CC(C)(C)CCC2=O)cs1. The normalized spacial score (nSPS) is 23.0. The Balaban J connectivity index is 1.90. The minimum atomic E-state index is 0.202. The zero-order chi connectivity index (χ0) is 14.0. The predicted octanol–water partition coefficient (Wildman–Crippen LogP) is 3.28. The Morgan fingerprint density at radius 1 is 1.53 bits per heavy atom. The fourth-order valence-corrected chi connectivity index (χ4v) is 3.52. The zero-order valence-corrected chi connectivity index (χ0v) is 13.2. The standard InChI is InChI=1S/C15H24N2OS/c1-11-16-13(10-19-11)9-17(4)8-12-7-15(2,3)6-5-14(12)18/h10,12H,5-9H2,1-4H3. The van der Waals surface area contributed by atoms with Gasteiger partial charge < -0.3 is 0 Å². The van der Waals surface area contributed by atoms with Crippen LogP contribution >= 0.6 is 11.3 Å². The molecule has 106 valence electrons. The second-order valence-electron chi connectivity index (χ2n) is 6.59. The topological polar surface area (TPSA) is 33.2 Å². The highest BCUT2D eigenvalue weighted by Gasteiger charge is 2.33. The summed E-state index contributed by atoms with van der Waals surface area (Å²) >= 11 is 1.69. The highest BCUT2D eigenvalue weighted by molar-refractivity contribution is 7.09. The van der Waals surface area contributed by atoms with E-state index >= 15 is 0 Å². The molecular formula is C15H24N2OS. The molecule has 1 fully saturated rings. The first-order chi connectivity index (χ1) is 8.85. The Bertz CT molecular complexity index is 453. The van der Waals surface area contributed by atoms with Crippen molar-refractivity contribution in [3.63, 3.8) is 0 Å². The fraction of sp³-hybridized carbons (Fsp3) is 0.733. The number of aryl methyl sites for hydroxylation is 1. The lowest BCUT2D eigenvalue weighted by Gasteiger charge is -2.35. The summed E-state index contributed by atoms with van der Waals surface area (Å²) in [6.45, 7) is 8.28. The van der Waals surface area contributed by atoms with Crippen molar-refractivity contribution < 1.29 is 4.79 Å². The number of hydrogen-bond donors (Lipinski definition) is 0. The first kappa shape index (κ1) is 14.7. The van der Waals surface area contributed by atoms with Crippen molar-refractivity contribution >= 4 is 17.1 Å². The molecule has 0 N–H and O–H groups in total. The van der Waals surface area contributed by atoms with E-state index in [0.29, 0.717) is 11.2 Å². The molecule has 19 heavy (non-hydrogen) atoms. The summed E-state index contributed by atoms with van der Waals surface area (Å²) in [7, 11) is 2.09. The lowest BCUT2D eigenvalue weighted by atomic mass is 9.71. The van der Waals surface area contributed by atoms with Gasteiger partial charge >= 0.3 is 0 Å². The second kappa shape index (κ2) is 5.71. The van der Waals surface area contributed by atoms with Crippen molar-refractivity contribution in [2.75, 3.05) is 13.6 Å². The predicted molar refractivity (Wildman–Crippen MR) is 79.3 cm³/mol. The summed E-state index contributed by atoms with van der Waals surface area (Å²) in [5.41, 5.74) is 1.43. The van der Waals surface area contributed by atoms with Crippen molar-refractivity contribution in [1.29, 1.82) is 0 Å². The van der Waals surface area contributed by atoms with Gasteiger partial charge in [0.2, 0.25) is 0 Å². The van der Waals surface area contributed by atoms with Gasteiger partial charge in [0.25, 0.3) is 0 Å². The summed E-state index contributed by atoms with van der Waals surface area (Å²) in [6.07, 6.45) is 2.81. The molecule has 1 atom stereocenters. The Morgan fingerprint density at radius 3 is 2.89 bits per heavy atom. The average molecular weight is 280 g/mol. The van der Waals surface area contributed by atoms with E-state index in [-0.39, 0.29) is 5.92 Å². The average Bonchev–Trinajstić information content (AvgIpc) is 2.69. The van der Waals surface area contributed by atoms with Crippen molar-refractivity contribution in [3.8, 4) is 0 Å². The van der Waals surface area contributed by atoms with E-state index in [4.69, 9.17) is 0 Å². The summed E-state index contributed by atoms with van der Waals surface area (Å²) in [5, 5.41) is 3.22. The van der Waals surface area contributed by atoms with E-state index in [1.165, 1.54) is 0 Å². The van der Waals surface area contributed by atoms with E-state index in [2.05, 4.69) is 36.2 Å². The van der Waals surface area contributed by atoms with Gasteiger partial charge in [0, 0.05) is 30.8 Å². The molecule has 2 rings (SSSR count). The Labute approximate surface area is 120 Å². The molecule has 0 radical (unpaired) electrons. The van der Waals surface area contributed by atoms with Crippen LogP contribution in [0.2, 0.25) is 0 Å². The molecule has 0 aliphatic heterocycles. The maximum absolute atomic E-state index is 12.0. The molecule has 0 aromatic carbocycles. The number of thiazole rings is 1. The van der Waals surface area contributed by atoms with Gasteiger partial charge in [-0.05, 0) is 32.2 Å². The third-order valence-electron chi connectivity index (χ3n) is 3.93. The molecule has 1 unspecified atom stereocenters. The third kappa shape index (κ3) is 4.11. The Hall–Kier alpha value is -0.740. The Kier molecular flexibility index (Phi) is 4.41. The molecule has 1 saturated carbocycles. The lowest BCUT2D eigenvalue weighted by Crippen LogP contribution is -2.37. The van der Waals surface area contributed by atoms with Gasteiger partial charge in [-0.25, -0.2) is 4.98 Å². The van der Waals surface area contributed by atoms with Crippen LogP contribution in [-0.2, 0) is 11.3 Å². The highest BCUT2D eigenvalue weighted by Crippen LogP contribution is 2.37. The molecular weight excluding hydrogens is 256 g/mol. The maximum atomic E-state index is 12.0. The maximum Gasteiger partial charge on any atom is 0.137 e. The number of aromatic nitrogens is 1. The number of nitrogens with zero attached hydrogens (tertiary/aromatic N) is 2. The van der Waals surface area contributed by atoms with E-state index in [1.807, 2.05) is 6.92 Å². The van der Waals surface area contributed by atoms with E-state index in [0.717, 1.165) is 43.1 Å². The number of carbonyl (C=O) groups is 1. The van der Waals surface area contributed by atoms with Gasteiger partial charge in [0.05, 0.1) is 10.7 Å². The molecule has 1 heterocycles. The fourth-order valence-electron chi connectivity index (χ4n) is 2.91. The summed E-state index contributed by atoms with van der Waals surface area (Å²) in [6, 6.07) is 0. The van der Waals surface area contributed by atoms with Crippen LogP contribution in [0, 0.1) is 18.3 Å². The molecule has 0 bridgehead atoms. The van der Waals surface area contributed by atoms with Crippen molar-refractivity contribution in [2.45, 2.75) is 46.6 Å². The molecule has 1 aliphatic rings. The summed E-state index contributed by atoms with van der Waals surface area (Å²) in [4.78, 5) is 18.8. The monoisotopic (exact) mass is 280 g/mol. The van der Waals surface area contributed by atoms with Crippen LogP contribution in [0.3, 0.4) is 0 Å². The first-order valence-corrected chi connectivity index (χ1v) is 7.86. The highest BCUT2D eigenvalue weighted by atomic mass is 32.1. The molecule has 0 saturated heterocycles. The van der Waals surface area contributed by atoms with Gasteiger partial charge in [-0.2, -0.15) is 0 Å². The molecule has 4 heteroatoms. The van der Waals surface area contributed by atoms with Gasteiger partial charge in [0.1, 0.15) is 5.78 Å². The lowest BCUT2D eigenvalue weighted by molar-refractivity contribution is -0.127. The molecule has 3 nitrogen and oxygen atoms in total. The number of ketones is 1. The van der Waals surface area contributed by atoms with Crippen LogP contribution in [0.4, 0.5) is 0 Å². The van der Waals surface area contributed by atoms with Crippen molar-refractivity contribution in [3.05, 3.63) is 16.1 Å². The van der Waals surface area contributed by atoms with E-state index in [9.17, 15) is 4.79 Å². The van der Waals surface area contributed by atoms with Crippen LogP contribution in [0.25, 0.3) is 0 Å². The van der Waals surface area contributed by atoms with E-state index in [1.54, 1.807) is 11.3 Å². The number of rotatable bonds is 4. The zero-order valence-electron chi connectivity index (χ0n) is 12.4. The number of carbonyl (C=O) groups excluding carboxylic acids is 1. The number of Topliss-reactive ketones (excluding diaryl/α,β-unsaturated/α-hetero) is 1. The third-order valence-corrected chi connectivity index (χ3v) is 4.76. The smallest absolute Gasteiger partial charge is 0.137 e. The Morgan fingerprint density at radius 2 is 2.26 bits per heavy atom. The van der Waals surface area contributed by atoms with Gasteiger partial charge in [0.15, 0.2) is 0 Å². The van der Waals surface area contributed by atoms with E-state index < -0.39 is 0 Å². The quantitative estimate of drug-likeness (QED) is 0.848. The number of hydrogen-bond acceptors (Lipinski definition) is 4. The molecule has 1 aliphatic carbocycles. The van der Waals surface area contributed by atoms with Gasteiger partial charge in [-0.1, -0.05) is 13.8 Å². The molecule has 0 amide bonds. The second-order valence-corrected chi connectivity index (χ2v) is 7.65. The van der Waals surface area contributed by atoms with Gasteiger partial charge in [-0.15, -0.1) is 11.3 Å². The van der Waals surface area contributed by atoms with Crippen LogP contribution < -0.4 is 0 Å². The van der Waals surface area contributed by atoms with Crippen molar-refractivity contribution in [2.24, 2.45) is 11.3 Å². The summed E-state index contributed by atoms with van der Waals surface area (Å²) in [5.74, 6) is 0.647. The largest absolute Gasteiger partial charge is 0.300 e. The molecule has 1 aromatic rings. The summed E-state index contributed by atoms with van der Waals surface area (Å²) < 4.78 is 0.